The standard InChI is InChI=1S/C25H35N3O4S/c1-19-6-11-22(33(30,31)28-15-13-27(5)14-16-28)18-23(19)24(29)26-12-17-32-21-9-7-20(8-10-21)25(2,3)4/h6-11,18H,12-17H2,1-5H3,(H,26,29). The van der Waals surface area contributed by atoms with Crippen molar-refractivity contribution in [3.63, 3.8) is 0 Å². The molecule has 0 bridgehead atoms. The zero-order chi connectivity index (χ0) is 24.2. The van der Waals surface area contributed by atoms with Crippen LogP contribution in [0.15, 0.2) is 47.4 Å². The molecule has 1 amide bonds. The summed E-state index contributed by atoms with van der Waals surface area (Å²) in [5.41, 5.74) is 2.39. The summed E-state index contributed by atoms with van der Waals surface area (Å²) in [6.45, 7) is 11.2. The summed E-state index contributed by atoms with van der Waals surface area (Å²) < 4.78 is 33.3. The first kappa shape index (κ1) is 25.2. The number of ether oxygens (including phenoxy) is 1. The number of carbonyl (C=O) groups excluding carboxylic acids is 1. The van der Waals surface area contributed by atoms with Crippen LogP contribution >= 0.6 is 0 Å². The largest absolute Gasteiger partial charge is 0.492 e. The molecule has 3 rings (SSSR count). The van der Waals surface area contributed by atoms with E-state index in [1.54, 1.807) is 19.1 Å². The first-order valence-electron chi connectivity index (χ1n) is 11.3. The predicted octanol–water partition coefficient (Wildman–Crippen LogP) is 3.04. The van der Waals surface area contributed by atoms with Crippen molar-refractivity contribution >= 4 is 15.9 Å². The molecule has 1 saturated heterocycles. The van der Waals surface area contributed by atoms with E-state index in [1.807, 2.05) is 31.3 Å². The molecule has 0 aliphatic carbocycles. The molecule has 7 nitrogen and oxygen atoms in total. The number of amides is 1. The zero-order valence-electron chi connectivity index (χ0n) is 20.2. The third-order valence-corrected chi connectivity index (χ3v) is 7.83. The highest BCUT2D eigenvalue weighted by Gasteiger charge is 2.28. The number of rotatable bonds is 7. The highest BCUT2D eigenvalue weighted by molar-refractivity contribution is 7.89. The molecule has 8 heteroatoms. The number of hydrogen-bond acceptors (Lipinski definition) is 5. The molecule has 1 heterocycles. The molecule has 1 aliphatic rings. The third kappa shape index (κ3) is 6.34. The van der Waals surface area contributed by atoms with Gasteiger partial charge < -0.3 is 15.0 Å². The lowest BCUT2D eigenvalue weighted by Crippen LogP contribution is -2.47. The highest BCUT2D eigenvalue weighted by Crippen LogP contribution is 2.24. The van der Waals surface area contributed by atoms with Gasteiger partial charge in [0.15, 0.2) is 0 Å². The van der Waals surface area contributed by atoms with Crippen LogP contribution in [0.3, 0.4) is 0 Å². The Morgan fingerprint density at radius 3 is 2.27 bits per heavy atom. The Labute approximate surface area is 197 Å². The van der Waals surface area contributed by atoms with Crippen molar-refractivity contribution in [2.24, 2.45) is 0 Å². The Kier molecular flexibility index (Phi) is 7.82. The van der Waals surface area contributed by atoms with Crippen LogP contribution in [0.4, 0.5) is 0 Å². The molecule has 2 aromatic carbocycles. The maximum Gasteiger partial charge on any atom is 0.251 e. The van der Waals surface area contributed by atoms with Gasteiger partial charge in [0.05, 0.1) is 11.4 Å². The van der Waals surface area contributed by atoms with Crippen molar-refractivity contribution in [1.82, 2.24) is 14.5 Å². The number of sulfonamides is 1. The fourth-order valence-corrected chi connectivity index (χ4v) is 5.11. The lowest BCUT2D eigenvalue weighted by molar-refractivity contribution is 0.0946. The van der Waals surface area contributed by atoms with Gasteiger partial charge in [-0.2, -0.15) is 4.31 Å². The van der Waals surface area contributed by atoms with Gasteiger partial charge in [-0.15, -0.1) is 0 Å². The lowest BCUT2D eigenvalue weighted by atomic mass is 9.87. The van der Waals surface area contributed by atoms with Gasteiger partial charge in [0.2, 0.25) is 10.0 Å². The number of carbonyl (C=O) groups is 1. The number of nitrogens with one attached hydrogen (secondary N) is 1. The Morgan fingerprint density at radius 2 is 1.67 bits per heavy atom. The average Bonchev–Trinajstić information content (AvgIpc) is 2.76. The summed E-state index contributed by atoms with van der Waals surface area (Å²) in [7, 11) is -1.66. The Bertz CT molecular complexity index is 1070. The van der Waals surface area contributed by atoms with E-state index in [4.69, 9.17) is 4.74 Å². The molecule has 1 fully saturated rings. The second-order valence-corrected chi connectivity index (χ2v) is 11.5. The summed E-state index contributed by atoms with van der Waals surface area (Å²) in [6.07, 6.45) is 0. The number of nitrogens with zero attached hydrogens (tertiary/aromatic N) is 2. The van der Waals surface area contributed by atoms with Crippen molar-refractivity contribution in [2.75, 3.05) is 46.4 Å². The van der Waals surface area contributed by atoms with Gasteiger partial charge in [-0.3, -0.25) is 4.79 Å². The molecule has 0 aromatic heterocycles. The summed E-state index contributed by atoms with van der Waals surface area (Å²) in [5.74, 6) is 0.434. The van der Waals surface area contributed by atoms with Crippen molar-refractivity contribution in [2.45, 2.75) is 38.0 Å². The van der Waals surface area contributed by atoms with E-state index in [0.717, 1.165) is 11.3 Å². The fourth-order valence-electron chi connectivity index (χ4n) is 3.66. The second-order valence-electron chi connectivity index (χ2n) is 9.56. The quantitative estimate of drug-likeness (QED) is 0.626. The molecular weight excluding hydrogens is 438 g/mol. The summed E-state index contributed by atoms with van der Waals surface area (Å²) in [5, 5.41) is 2.83. The van der Waals surface area contributed by atoms with E-state index in [1.165, 1.54) is 15.9 Å². The fraction of sp³-hybridized carbons (Fsp3) is 0.480. The van der Waals surface area contributed by atoms with Crippen LogP contribution < -0.4 is 10.1 Å². The van der Waals surface area contributed by atoms with Gasteiger partial charge in [0.25, 0.3) is 5.91 Å². The predicted molar refractivity (Wildman–Crippen MR) is 130 cm³/mol. The van der Waals surface area contributed by atoms with E-state index in [0.29, 0.717) is 44.9 Å². The Morgan fingerprint density at radius 1 is 1.03 bits per heavy atom. The zero-order valence-corrected chi connectivity index (χ0v) is 21.0. The van der Waals surface area contributed by atoms with Crippen LogP contribution in [-0.4, -0.2) is 69.9 Å². The Hall–Kier alpha value is -2.42. The minimum absolute atomic E-state index is 0.0801. The van der Waals surface area contributed by atoms with Crippen LogP contribution in [0.1, 0.15) is 42.3 Å². The van der Waals surface area contributed by atoms with Gasteiger partial charge in [0.1, 0.15) is 12.4 Å². The molecule has 33 heavy (non-hydrogen) atoms. The first-order valence-corrected chi connectivity index (χ1v) is 12.7. The highest BCUT2D eigenvalue weighted by atomic mass is 32.2. The summed E-state index contributed by atoms with van der Waals surface area (Å²) >= 11 is 0. The van der Waals surface area contributed by atoms with Crippen LogP contribution in [-0.2, 0) is 15.4 Å². The number of benzene rings is 2. The maximum absolute atomic E-state index is 13.0. The summed E-state index contributed by atoms with van der Waals surface area (Å²) in [4.78, 5) is 15.0. The Balaban J connectivity index is 1.59. The normalized spacial score (nSPS) is 15.9. The molecule has 0 saturated carbocycles. The van der Waals surface area contributed by atoms with Crippen molar-refractivity contribution < 1.29 is 17.9 Å². The van der Waals surface area contributed by atoms with E-state index in [-0.39, 0.29) is 16.2 Å². The van der Waals surface area contributed by atoms with E-state index in [9.17, 15) is 13.2 Å². The molecule has 1 aliphatic heterocycles. The molecule has 180 valence electrons. The molecule has 0 unspecified atom stereocenters. The second kappa shape index (κ2) is 10.2. The van der Waals surface area contributed by atoms with E-state index >= 15 is 0 Å². The number of aryl methyl sites for hydroxylation is 1. The van der Waals surface area contributed by atoms with Gasteiger partial charge in [-0.1, -0.05) is 39.0 Å². The van der Waals surface area contributed by atoms with Gasteiger partial charge in [-0.05, 0) is 54.8 Å². The molecular formula is C25H35N3O4S. The van der Waals surface area contributed by atoms with Gasteiger partial charge >= 0.3 is 0 Å². The van der Waals surface area contributed by atoms with Crippen LogP contribution in [0.5, 0.6) is 5.75 Å². The maximum atomic E-state index is 13.0. The molecule has 0 radical (unpaired) electrons. The number of likely N-dealkylation sites (N-methyl/N-ethyl adjacent to an activating group) is 1. The smallest absolute Gasteiger partial charge is 0.251 e. The molecule has 1 N–H and O–H groups in total. The average molecular weight is 474 g/mol. The summed E-state index contributed by atoms with van der Waals surface area (Å²) in [6, 6.07) is 12.7. The minimum atomic E-state index is -3.63. The monoisotopic (exact) mass is 473 g/mol. The molecule has 2 aromatic rings. The van der Waals surface area contributed by atoms with Crippen LogP contribution in [0.25, 0.3) is 0 Å². The third-order valence-electron chi connectivity index (χ3n) is 5.93. The van der Waals surface area contributed by atoms with Gasteiger partial charge in [0, 0.05) is 31.7 Å². The van der Waals surface area contributed by atoms with Crippen molar-refractivity contribution in [3.8, 4) is 5.75 Å². The van der Waals surface area contributed by atoms with Gasteiger partial charge in [-0.25, -0.2) is 8.42 Å². The first-order chi connectivity index (χ1) is 15.5. The lowest BCUT2D eigenvalue weighted by Gasteiger charge is -2.31. The number of piperazine rings is 1. The molecule has 0 atom stereocenters. The van der Waals surface area contributed by atoms with Crippen LogP contribution in [0, 0.1) is 6.92 Å². The van der Waals surface area contributed by atoms with Crippen LogP contribution in [0.2, 0.25) is 0 Å². The SMILES string of the molecule is Cc1ccc(S(=O)(=O)N2CCN(C)CC2)cc1C(=O)NCCOc1ccc(C(C)(C)C)cc1. The topological polar surface area (TPSA) is 79.0 Å². The minimum Gasteiger partial charge on any atom is -0.492 e. The van der Waals surface area contributed by atoms with Crippen molar-refractivity contribution in [3.05, 3.63) is 59.2 Å². The van der Waals surface area contributed by atoms with E-state index < -0.39 is 10.0 Å². The van der Waals surface area contributed by atoms with E-state index in [2.05, 4.69) is 31.0 Å². The molecule has 0 spiro atoms. The number of hydrogen-bond donors (Lipinski definition) is 1. The van der Waals surface area contributed by atoms with Crippen molar-refractivity contribution in [1.29, 1.82) is 0 Å².